The van der Waals surface area contributed by atoms with E-state index >= 15 is 0 Å². The summed E-state index contributed by atoms with van der Waals surface area (Å²) in [5.74, 6) is -0.232. The van der Waals surface area contributed by atoms with Gasteiger partial charge in [-0.1, -0.05) is 0 Å². The average Bonchev–Trinajstić information content (AvgIpc) is 2.53. The molecule has 1 aliphatic heterocycles. The summed E-state index contributed by atoms with van der Waals surface area (Å²) in [5.41, 5.74) is 5.06. The number of hydrogen-bond donors (Lipinski definition) is 2. The van der Waals surface area contributed by atoms with Crippen LogP contribution >= 0.6 is 0 Å². The fourth-order valence-corrected chi connectivity index (χ4v) is 2.57. The third kappa shape index (κ3) is 3.93. The van der Waals surface area contributed by atoms with E-state index in [1.165, 1.54) is 0 Å². The molecular formula is C13H27N3O2. The molecule has 1 fully saturated rings. The summed E-state index contributed by atoms with van der Waals surface area (Å²) in [7, 11) is 1.66. The molecule has 5 nitrogen and oxygen atoms in total. The summed E-state index contributed by atoms with van der Waals surface area (Å²) in [6.45, 7) is 7.61. The first-order valence-corrected chi connectivity index (χ1v) is 6.80. The van der Waals surface area contributed by atoms with Gasteiger partial charge in [-0.25, -0.2) is 0 Å². The molecule has 0 aliphatic carbocycles. The van der Waals surface area contributed by atoms with Crippen molar-refractivity contribution in [3.8, 4) is 0 Å². The summed E-state index contributed by atoms with van der Waals surface area (Å²) < 4.78 is 5.02. The first-order valence-electron chi connectivity index (χ1n) is 6.80. The highest BCUT2D eigenvalue weighted by Gasteiger charge is 2.37. The van der Waals surface area contributed by atoms with Gasteiger partial charge in [-0.15, -0.1) is 0 Å². The van der Waals surface area contributed by atoms with Crippen LogP contribution in [-0.2, 0) is 9.53 Å². The van der Waals surface area contributed by atoms with Crippen LogP contribution in [0.1, 0.15) is 33.1 Å². The Labute approximate surface area is 110 Å². The number of nitrogens with zero attached hydrogens (tertiary/aromatic N) is 1. The first kappa shape index (κ1) is 15.4. The van der Waals surface area contributed by atoms with Crippen LogP contribution in [0.4, 0.5) is 0 Å². The fourth-order valence-electron chi connectivity index (χ4n) is 2.57. The molecule has 106 valence electrons. The zero-order chi connectivity index (χ0) is 13.6. The zero-order valence-electron chi connectivity index (χ0n) is 11.9. The Morgan fingerprint density at radius 3 is 2.72 bits per heavy atom. The number of methoxy groups -OCH3 is 1. The van der Waals surface area contributed by atoms with Crippen molar-refractivity contribution in [2.75, 3.05) is 33.4 Å². The van der Waals surface area contributed by atoms with Crippen molar-refractivity contribution in [1.29, 1.82) is 0 Å². The van der Waals surface area contributed by atoms with E-state index in [1.807, 2.05) is 0 Å². The molecule has 3 N–H and O–H groups in total. The summed E-state index contributed by atoms with van der Waals surface area (Å²) in [4.78, 5) is 14.2. The lowest BCUT2D eigenvalue weighted by Crippen LogP contribution is -2.56. The number of hydrogen-bond acceptors (Lipinski definition) is 4. The van der Waals surface area contributed by atoms with Gasteiger partial charge in [0.25, 0.3) is 0 Å². The van der Waals surface area contributed by atoms with Gasteiger partial charge in [0.1, 0.15) is 0 Å². The van der Waals surface area contributed by atoms with E-state index in [0.717, 1.165) is 32.4 Å². The van der Waals surface area contributed by atoms with Crippen molar-refractivity contribution in [3.05, 3.63) is 0 Å². The maximum absolute atomic E-state index is 11.8. The van der Waals surface area contributed by atoms with Gasteiger partial charge in [-0.3, -0.25) is 4.79 Å². The number of amides is 1. The van der Waals surface area contributed by atoms with Gasteiger partial charge in [0, 0.05) is 26.2 Å². The molecule has 1 amide bonds. The van der Waals surface area contributed by atoms with Crippen LogP contribution in [0.2, 0.25) is 0 Å². The van der Waals surface area contributed by atoms with E-state index in [-0.39, 0.29) is 5.91 Å². The van der Waals surface area contributed by atoms with Crippen LogP contribution < -0.4 is 11.1 Å². The van der Waals surface area contributed by atoms with Gasteiger partial charge in [0.15, 0.2) is 0 Å². The Hall–Kier alpha value is -0.650. The SMILES string of the molecule is COCCNC1(C(N)=O)CCCN(C(C)C)CC1. The molecule has 1 rings (SSSR count). The molecular weight excluding hydrogens is 230 g/mol. The highest BCUT2D eigenvalue weighted by molar-refractivity contribution is 5.84. The van der Waals surface area contributed by atoms with Crippen LogP contribution in [0.5, 0.6) is 0 Å². The second kappa shape index (κ2) is 7.07. The number of rotatable bonds is 6. The van der Waals surface area contributed by atoms with E-state index < -0.39 is 5.54 Å². The topological polar surface area (TPSA) is 67.6 Å². The second-order valence-corrected chi connectivity index (χ2v) is 5.35. The number of carbonyl (C=O) groups is 1. The predicted molar refractivity (Wildman–Crippen MR) is 72.4 cm³/mol. The number of likely N-dealkylation sites (tertiary alicyclic amines) is 1. The largest absolute Gasteiger partial charge is 0.383 e. The smallest absolute Gasteiger partial charge is 0.237 e. The highest BCUT2D eigenvalue weighted by atomic mass is 16.5. The number of nitrogens with one attached hydrogen (secondary N) is 1. The number of primary amides is 1. The lowest BCUT2D eigenvalue weighted by molar-refractivity contribution is -0.125. The van der Waals surface area contributed by atoms with Gasteiger partial charge in [0.05, 0.1) is 12.1 Å². The minimum Gasteiger partial charge on any atom is -0.383 e. The van der Waals surface area contributed by atoms with Crippen LogP contribution in [0.3, 0.4) is 0 Å². The quantitative estimate of drug-likeness (QED) is 0.673. The Morgan fingerprint density at radius 1 is 1.44 bits per heavy atom. The van der Waals surface area contributed by atoms with Crippen LogP contribution in [-0.4, -0.2) is 55.7 Å². The molecule has 0 aromatic rings. The molecule has 0 aromatic carbocycles. The molecule has 1 unspecified atom stereocenters. The molecule has 1 heterocycles. The first-order chi connectivity index (χ1) is 8.52. The van der Waals surface area contributed by atoms with Crippen LogP contribution in [0, 0.1) is 0 Å². The molecule has 0 spiro atoms. The van der Waals surface area contributed by atoms with Gasteiger partial charge in [0.2, 0.25) is 5.91 Å². The van der Waals surface area contributed by atoms with E-state index in [2.05, 4.69) is 24.1 Å². The minimum absolute atomic E-state index is 0.232. The van der Waals surface area contributed by atoms with Crippen LogP contribution in [0.25, 0.3) is 0 Å². The summed E-state index contributed by atoms with van der Waals surface area (Å²) in [5, 5.41) is 3.31. The summed E-state index contributed by atoms with van der Waals surface area (Å²) in [6, 6.07) is 0.521. The molecule has 5 heteroatoms. The lowest BCUT2D eigenvalue weighted by Gasteiger charge is -2.31. The Morgan fingerprint density at radius 2 is 2.17 bits per heavy atom. The summed E-state index contributed by atoms with van der Waals surface area (Å²) >= 11 is 0. The maximum Gasteiger partial charge on any atom is 0.237 e. The number of ether oxygens (including phenoxy) is 1. The van der Waals surface area contributed by atoms with Gasteiger partial charge in [-0.05, 0) is 39.7 Å². The lowest BCUT2D eigenvalue weighted by atomic mass is 9.89. The zero-order valence-corrected chi connectivity index (χ0v) is 11.9. The summed E-state index contributed by atoms with van der Waals surface area (Å²) in [6.07, 6.45) is 2.60. The third-order valence-electron chi connectivity index (χ3n) is 3.85. The average molecular weight is 257 g/mol. The fraction of sp³-hybridized carbons (Fsp3) is 0.923. The number of nitrogens with two attached hydrogens (primary N) is 1. The molecule has 0 bridgehead atoms. The second-order valence-electron chi connectivity index (χ2n) is 5.35. The highest BCUT2D eigenvalue weighted by Crippen LogP contribution is 2.23. The van der Waals surface area contributed by atoms with Gasteiger partial charge < -0.3 is 20.7 Å². The number of carbonyl (C=O) groups excluding carboxylic acids is 1. The normalized spacial score (nSPS) is 26.2. The van der Waals surface area contributed by atoms with E-state index in [4.69, 9.17) is 10.5 Å². The predicted octanol–water partition coefficient (Wildman–Crippen LogP) is 0.341. The monoisotopic (exact) mass is 257 g/mol. The standard InChI is InChI=1S/C13H27N3O2/c1-11(2)16-8-4-5-13(6-9-16,12(14)17)15-7-10-18-3/h11,15H,4-10H2,1-3H3,(H2,14,17). The Kier molecular flexibility index (Phi) is 6.05. The van der Waals surface area contributed by atoms with Gasteiger partial charge >= 0.3 is 0 Å². The molecule has 1 atom stereocenters. The molecule has 1 aliphatic rings. The van der Waals surface area contributed by atoms with E-state index in [1.54, 1.807) is 7.11 Å². The molecule has 1 saturated heterocycles. The van der Waals surface area contributed by atoms with E-state index in [9.17, 15) is 4.79 Å². The minimum atomic E-state index is -0.553. The van der Waals surface area contributed by atoms with Gasteiger partial charge in [-0.2, -0.15) is 0 Å². The molecule has 18 heavy (non-hydrogen) atoms. The third-order valence-corrected chi connectivity index (χ3v) is 3.85. The van der Waals surface area contributed by atoms with Crippen molar-refractivity contribution >= 4 is 5.91 Å². The van der Waals surface area contributed by atoms with Crippen molar-refractivity contribution in [3.63, 3.8) is 0 Å². The van der Waals surface area contributed by atoms with Crippen molar-refractivity contribution in [2.24, 2.45) is 5.73 Å². The molecule has 0 saturated carbocycles. The van der Waals surface area contributed by atoms with Crippen molar-refractivity contribution < 1.29 is 9.53 Å². The Bertz CT molecular complexity index is 271. The van der Waals surface area contributed by atoms with Crippen LogP contribution in [0.15, 0.2) is 0 Å². The Balaban J connectivity index is 2.64. The molecule has 0 radical (unpaired) electrons. The molecule has 0 aromatic heterocycles. The van der Waals surface area contributed by atoms with E-state index in [0.29, 0.717) is 19.2 Å². The van der Waals surface area contributed by atoms with Crippen molar-refractivity contribution in [1.82, 2.24) is 10.2 Å². The maximum atomic E-state index is 11.8. The van der Waals surface area contributed by atoms with Crippen molar-refractivity contribution in [2.45, 2.75) is 44.7 Å².